The Kier molecular flexibility index (Phi) is 3.58. The summed E-state index contributed by atoms with van der Waals surface area (Å²) in [7, 11) is 0. The monoisotopic (exact) mass is 291 g/mol. The van der Waals surface area contributed by atoms with Gasteiger partial charge in [-0.25, -0.2) is 0 Å². The van der Waals surface area contributed by atoms with Crippen LogP contribution in [0.25, 0.3) is 0 Å². The summed E-state index contributed by atoms with van der Waals surface area (Å²) >= 11 is 0. The number of nitrogens with one attached hydrogen (secondary N) is 1. The zero-order valence-corrected chi connectivity index (χ0v) is 12.8. The van der Waals surface area contributed by atoms with Crippen molar-refractivity contribution < 1.29 is 14.7 Å². The summed E-state index contributed by atoms with van der Waals surface area (Å²) < 4.78 is 0. The normalized spacial score (nSPS) is 40.2. The molecule has 0 heterocycles. The molecule has 116 valence electrons. The van der Waals surface area contributed by atoms with Crippen molar-refractivity contribution in [3.05, 3.63) is 12.2 Å². The molecule has 21 heavy (non-hydrogen) atoms. The Labute approximate surface area is 126 Å². The van der Waals surface area contributed by atoms with Crippen molar-refractivity contribution in [3.8, 4) is 0 Å². The Bertz CT molecular complexity index is 482. The minimum Gasteiger partial charge on any atom is -0.481 e. The minimum atomic E-state index is -0.823. The van der Waals surface area contributed by atoms with E-state index in [2.05, 4.69) is 19.2 Å². The van der Waals surface area contributed by atoms with Crippen molar-refractivity contribution in [3.63, 3.8) is 0 Å². The van der Waals surface area contributed by atoms with Gasteiger partial charge in [0.05, 0.1) is 11.8 Å². The van der Waals surface area contributed by atoms with E-state index in [-0.39, 0.29) is 35.1 Å². The van der Waals surface area contributed by atoms with Gasteiger partial charge in [0.25, 0.3) is 0 Å². The van der Waals surface area contributed by atoms with Gasteiger partial charge in [0.1, 0.15) is 0 Å². The van der Waals surface area contributed by atoms with Gasteiger partial charge < -0.3 is 10.4 Å². The molecule has 1 amide bonds. The molecule has 0 spiro atoms. The predicted octanol–water partition coefficient (Wildman–Crippen LogP) is 2.59. The fraction of sp³-hybridized carbons (Fsp3) is 0.765. The molecule has 2 N–H and O–H groups in total. The van der Waals surface area contributed by atoms with Gasteiger partial charge in [-0.3, -0.25) is 9.59 Å². The van der Waals surface area contributed by atoms with Gasteiger partial charge in [-0.2, -0.15) is 0 Å². The number of fused-ring (bicyclic) bond motifs is 2. The SMILES string of the molecule is CC1(C)CCCC(NC(=O)[C@H]2C3C=CC(C3)[C@H]2C(=O)O)C1. The molecule has 5 atom stereocenters. The lowest BCUT2D eigenvalue weighted by atomic mass is 9.74. The van der Waals surface area contributed by atoms with Crippen molar-refractivity contribution in [2.45, 2.75) is 52.0 Å². The molecule has 3 rings (SSSR count). The van der Waals surface area contributed by atoms with E-state index in [1.165, 1.54) is 6.42 Å². The van der Waals surface area contributed by atoms with Gasteiger partial charge in [0.15, 0.2) is 0 Å². The fourth-order valence-corrected chi connectivity index (χ4v) is 4.64. The van der Waals surface area contributed by atoms with E-state index in [4.69, 9.17) is 0 Å². The number of rotatable bonds is 3. The maximum absolute atomic E-state index is 12.6. The second kappa shape index (κ2) is 5.15. The quantitative estimate of drug-likeness (QED) is 0.785. The van der Waals surface area contributed by atoms with Gasteiger partial charge in [0, 0.05) is 6.04 Å². The van der Waals surface area contributed by atoms with Gasteiger partial charge in [-0.15, -0.1) is 0 Å². The number of carboxylic acids is 1. The predicted molar refractivity (Wildman–Crippen MR) is 79.5 cm³/mol. The van der Waals surface area contributed by atoms with E-state index in [9.17, 15) is 14.7 Å². The molecule has 3 unspecified atom stereocenters. The molecule has 2 bridgehead atoms. The van der Waals surface area contributed by atoms with E-state index >= 15 is 0 Å². The molecule has 3 aliphatic carbocycles. The van der Waals surface area contributed by atoms with Crippen LogP contribution in [-0.2, 0) is 9.59 Å². The third-order valence-corrected chi connectivity index (χ3v) is 5.60. The maximum atomic E-state index is 12.6. The van der Waals surface area contributed by atoms with Crippen LogP contribution in [0, 0.1) is 29.1 Å². The summed E-state index contributed by atoms with van der Waals surface area (Å²) in [5, 5.41) is 12.6. The number of carbonyl (C=O) groups is 2. The topological polar surface area (TPSA) is 66.4 Å². The average molecular weight is 291 g/mol. The average Bonchev–Trinajstić information content (AvgIpc) is 2.97. The Morgan fingerprint density at radius 2 is 1.86 bits per heavy atom. The van der Waals surface area contributed by atoms with E-state index in [0.29, 0.717) is 0 Å². The summed E-state index contributed by atoms with van der Waals surface area (Å²) in [4.78, 5) is 24.1. The minimum absolute atomic E-state index is 0.0399. The van der Waals surface area contributed by atoms with Crippen LogP contribution in [0.1, 0.15) is 46.0 Å². The van der Waals surface area contributed by atoms with Crippen LogP contribution < -0.4 is 5.32 Å². The first kappa shape index (κ1) is 14.6. The third-order valence-electron chi connectivity index (χ3n) is 5.60. The van der Waals surface area contributed by atoms with Crippen molar-refractivity contribution in [2.24, 2.45) is 29.1 Å². The van der Waals surface area contributed by atoms with Crippen molar-refractivity contribution in [1.82, 2.24) is 5.32 Å². The molecule has 4 nitrogen and oxygen atoms in total. The van der Waals surface area contributed by atoms with Crippen LogP contribution in [0.3, 0.4) is 0 Å². The van der Waals surface area contributed by atoms with Crippen LogP contribution in [0.15, 0.2) is 12.2 Å². The molecule has 0 aromatic rings. The van der Waals surface area contributed by atoms with Gasteiger partial charge in [0.2, 0.25) is 5.91 Å². The van der Waals surface area contributed by atoms with E-state index in [1.54, 1.807) is 0 Å². The number of carbonyl (C=O) groups excluding carboxylic acids is 1. The van der Waals surface area contributed by atoms with E-state index < -0.39 is 11.9 Å². The number of aliphatic carboxylic acids is 1. The Morgan fingerprint density at radius 1 is 1.19 bits per heavy atom. The molecule has 2 saturated carbocycles. The first-order valence-corrected chi connectivity index (χ1v) is 8.09. The molecule has 0 saturated heterocycles. The number of hydrogen-bond donors (Lipinski definition) is 2. The van der Waals surface area contributed by atoms with E-state index in [0.717, 1.165) is 25.7 Å². The lowest BCUT2D eigenvalue weighted by molar-refractivity contribution is -0.148. The van der Waals surface area contributed by atoms with Crippen LogP contribution in [0.2, 0.25) is 0 Å². The highest BCUT2D eigenvalue weighted by Gasteiger charge is 2.51. The molecule has 0 radical (unpaired) electrons. The summed E-state index contributed by atoms with van der Waals surface area (Å²) in [6, 6.07) is 0.207. The lowest BCUT2D eigenvalue weighted by Crippen LogP contribution is -2.46. The van der Waals surface area contributed by atoms with Crippen molar-refractivity contribution in [1.29, 1.82) is 0 Å². The van der Waals surface area contributed by atoms with Crippen LogP contribution >= 0.6 is 0 Å². The Balaban J connectivity index is 1.68. The molecular formula is C17H25NO3. The van der Waals surface area contributed by atoms with Gasteiger partial charge in [-0.05, 0) is 42.9 Å². The van der Waals surface area contributed by atoms with Gasteiger partial charge >= 0.3 is 5.97 Å². The van der Waals surface area contributed by atoms with Crippen LogP contribution in [-0.4, -0.2) is 23.0 Å². The van der Waals surface area contributed by atoms with Crippen LogP contribution in [0.4, 0.5) is 0 Å². The molecule has 2 fully saturated rings. The standard InChI is InChI=1S/C17H25NO3/c1-17(2)7-3-4-12(9-17)18-15(19)13-10-5-6-11(8-10)14(13)16(20)21/h5-6,10-14H,3-4,7-9H2,1-2H3,(H,18,19)(H,20,21)/t10?,11?,12?,13-,14+/m0/s1. The third kappa shape index (κ3) is 2.72. The second-order valence-corrected chi connectivity index (χ2v) is 7.80. The highest BCUT2D eigenvalue weighted by atomic mass is 16.4. The molecule has 3 aliphatic rings. The molecule has 0 aromatic carbocycles. The van der Waals surface area contributed by atoms with Crippen molar-refractivity contribution in [2.75, 3.05) is 0 Å². The highest BCUT2D eigenvalue weighted by Crippen LogP contribution is 2.48. The maximum Gasteiger partial charge on any atom is 0.307 e. The summed E-state index contributed by atoms with van der Waals surface area (Å²) in [5.74, 6) is -1.60. The number of amides is 1. The lowest BCUT2D eigenvalue weighted by Gasteiger charge is -2.36. The smallest absolute Gasteiger partial charge is 0.307 e. The summed E-state index contributed by atoms with van der Waals surface area (Å²) in [5.41, 5.74) is 0.275. The number of allylic oxidation sites excluding steroid dienone is 2. The summed E-state index contributed by atoms with van der Waals surface area (Å²) in [6.07, 6.45) is 9.20. The molecular weight excluding hydrogens is 266 g/mol. The van der Waals surface area contributed by atoms with Crippen molar-refractivity contribution >= 4 is 11.9 Å². The summed E-state index contributed by atoms with van der Waals surface area (Å²) in [6.45, 7) is 4.48. The Hall–Kier alpha value is -1.32. The first-order valence-electron chi connectivity index (χ1n) is 8.09. The number of hydrogen-bond acceptors (Lipinski definition) is 2. The van der Waals surface area contributed by atoms with Gasteiger partial charge in [-0.1, -0.05) is 32.4 Å². The zero-order chi connectivity index (χ0) is 15.2. The largest absolute Gasteiger partial charge is 0.481 e. The molecule has 4 heteroatoms. The zero-order valence-electron chi connectivity index (χ0n) is 12.8. The fourth-order valence-electron chi connectivity index (χ4n) is 4.64. The van der Waals surface area contributed by atoms with Crippen LogP contribution in [0.5, 0.6) is 0 Å². The molecule has 0 aromatic heterocycles. The molecule has 0 aliphatic heterocycles. The number of carboxylic acid groups (broad SMARTS) is 1. The highest BCUT2D eigenvalue weighted by molar-refractivity contribution is 5.87. The first-order chi connectivity index (χ1) is 9.87. The second-order valence-electron chi connectivity index (χ2n) is 7.80. The van der Waals surface area contributed by atoms with E-state index in [1.807, 2.05) is 12.2 Å². The Morgan fingerprint density at radius 3 is 2.48 bits per heavy atom.